The summed E-state index contributed by atoms with van der Waals surface area (Å²) in [6, 6.07) is 6.85. The molecule has 0 bridgehead atoms. The Morgan fingerprint density at radius 2 is 1.50 bits per heavy atom. The second-order valence-electron chi connectivity index (χ2n) is 3.32. The minimum Gasteiger partial charge on any atom is -0.207 e. The van der Waals surface area contributed by atoms with Crippen molar-refractivity contribution in [1.29, 1.82) is 0 Å². The fourth-order valence-corrected chi connectivity index (χ4v) is 1.78. The van der Waals surface area contributed by atoms with E-state index in [9.17, 15) is 4.39 Å². The summed E-state index contributed by atoms with van der Waals surface area (Å²) >= 11 is 0. The Bertz CT molecular complexity index is 244. The van der Waals surface area contributed by atoms with Crippen LogP contribution in [-0.2, 0) is 0 Å². The lowest BCUT2D eigenvalue weighted by Crippen LogP contribution is -1.92. The number of halogens is 1. The molecule has 0 heterocycles. The number of benzene rings is 1. The molecule has 1 fully saturated rings. The van der Waals surface area contributed by atoms with Gasteiger partial charge in [0, 0.05) is 5.92 Å². The third kappa shape index (κ3) is 1.50. The highest BCUT2D eigenvalue weighted by Crippen LogP contribution is 2.32. The van der Waals surface area contributed by atoms with E-state index in [0.29, 0.717) is 0 Å². The molecule has 1 radical (unpaired) electrons. The van der Waals surface area contributed by atoms with Crippen LogP contribution in [0.15, 0.2) is 24.3 Å². The molecule has 1 heteroatoms. The van der Waals surface area contributed by atoms with Crippen LogP contribution >= 0.6 is 0 Å². The molecule has 0 aliphatic heterocycles. The molecule has 63 valence electrons. The van der Waals surface area contributed by atoms with Gasteiger partial charge in [-0.05, 0) is 30.5 Å². The molecule has 1 aliphatic rings. The van der Waals surface area contributed by atoms with Gasteiger partial charge >= 0.3 is 0 Å². The fourth-order valence-electron chi connectivity index (χ4n) is 1.78. The smallest absolute Gasteiger partial charge is 0.123 e. The van der Waals surface area contributed by atoms with Crippen LogP contribution in [0.3, 0.4) is 0 Å². The van der Waals surface area contributed by atoms with Gasteiger partial charge in [0.1, 0.15) is 5.82 Å². The van der Waals surface area contributed by atoms with Crippen LogP contribution in [0, 0.1) is 11.7 Å². The van der Waals surface area contributed by atoms with E-state index < -0.39 is 0 Å². The molecule has 1 aliphatic carbocycles. The summed E-state index contributed by atoms with van der Waals surface area (Å²) < 4.78 is 12.6. The van der Waals surface area contributed by atoms with Crippen molar-refractivity contribution in [3.8, 4) is 0 Å². The molecule has 0 nitrogen and oxygen atoms in total. The van der Waals surface area contributed by atoms with Gasteiger partial charge < -0.3 is 0 Å². The van der Waals surface area contributed by atoms with Gasteiger partial charge in [-0.2, -0.15) is 0 Å². The molecule has 1 saturated carbocycles. The summed E-state index contributed by atoms with van der Waals surface area (Å²) in [6.07, 6.45) is 5.00. The van der Waals surface area contributed by atoms with E-state index in [1.54, 1.807) is 12.1 Å². The van der Waals surface area contributed by atoms with Crippen LogP contribution in [0.5, 0.6) is 0 Å². The maximum atomic E-state index is 12.6. The third-order valence-corrected chi connectivity index (χ3v) is 2.46. The Morgan fingerprint density at radius 1 is 0.917 bits per heavy atom. The first-order valence-corrected chi connectivity index (χ1v) is 4.47. The van der Waals surface area contributed by atoms with Crippen LogP contribution in [0.2, 0.25) is 0 Å². The predicted octanol–water partition coefficient (Wildman–Crippen LogP) is 3.32. The summed E-state index contributed by atoms with van der Waals surface area (Å²) in [5.74, 6) is 1.35. The summed E-state index contributed by atoms with van der Waals surface area (Å²) in [5, 5.41) is 0. The number of hydrogen-bond acceptors (Lipinski definition) is 0. The predicted molar refractivity (Wildman–Crippen MR) is 47.2 cm³/mol. The second kappa shape index (κ2) is 3.26. The first-order valence-electron chi connectivity index (χ1n) is 4.47. The van der Waals surface area contributed by atoms with Crippen molar-refractivity contribution in [2.45, 2.75) is 25.7 Å². The van der Waals surface area contributed by atoms with E-state index in [0.717, 1.165) is 0 Å². The summed E-state index contributed by atoms with van der Waals surface area (Å²) in [7, 11) is 0. The van der Waals surface area contributed by atoms with Crippen molar-refractivity contribution in [2.75, 3.05) is 0 Å². The minimum absolute atomic E-state index is 0.141. The average molecular weight is 163 g/mol. The van der Waals surface area contributed by atoms with Gasteiger partial charge in [0.25, 0.3) is 0 Å². The van der Waals surface area contributed by atoms with Gasteiger partial charge in [0.15, 0.2) is 0 Å². The Balaban J connectivity index is 2.17. The van der Waals surface area contributed by atoms with Crippen LogP contribution in [0.1, 0.15) is 31.2 Å². The van der Waals surface area contributed by atoms with Crippen LogP contribution < -0.4 is 0 Å². The van der Waals surface area contributed by atoms with E-state index in [1.165, 1.54) is 37.2 Å². The first kappa shape index (κ1) is 7.78. The third-order valence-electron chi connectivity index (χ3n) is 2.46. The molecule has 0 amide bonds. The molecule has 0 atom stereocenters. The molecule has 0 spiro atoms. The average Bonchev–Trinajstić information content (AvgIpc) is 2.58. The zero-order chi connectivity index (χ0) is 8.39. The quantitative estimate of drug-likeness (QED) is 0.595. The van der Waals surface area contributed by atoms with Crippen LogP contribution in [0.4, 0.5) is 4.39 Å². The van der Waals surface area contributed by atoms with Gasteiger partial charge in [-0.15, -0.1) is 0 Å². The van der Waals surface area contributed by atoms with Gasteiger partial charge in [0.2, 0.25) is 0 Å². The maximum Gasteiger partial charge on any atom is 0.123 e. The molecule has 1 aromatic carbocycles. The SMILES string of the molecule is Fc1ccc([C]2CCCC2)cc1. The van der Waals surface area contributed by atoms with Crippen molar-refractivity contribution < 1.29 is 4.39 Å². The summed E-state index contributed by atoms with van der Waals surface area (Å²) in [6.45, 7) is 0. The molecule has 0 aromatic heterocycles. The van der Waals surface area contributed by atoms with Crippen molar-refractivity contribution in [2.24, 2.45) is 0 Å². The Kier molecular flexibility index (Phi) is 2.11. The molecular formula is C11H12F. The molecule has 1 aromatic rings. The zero-order valence-electron chi connectivity index (χ0n) is 7.02. The molecule has 12 heavy (non-hydrogen) atoms. The van der Waals surface area contributed by atoms with E-state index in [1.807, 2.05) is 12.1 Å². The molecule has 2 rings (SSSR count). The highest BCUT2D eigenvalue weighted by molar-refractivity contribution is 5.31. The zero-order valence-corrected chi connectivity index (χ0v) is 7.02. The van der Waals surface area contributed by atoms with E-state index in [-0.39, 0.29) is 5.82 Å². The fraction of sp³-hybridized carbons (Fsp3) is 0.364. The number of rotatable bonds is 1. The van der Waals surface area contributed by atoms with E-state index in [4.69, 9.17) is 0 Å². The van der Waals surface area contributed by atoms with Crippen molar-refractivity contribution >= 4 is 0 Å². The lowest BCUT2D eigenvalue weighted by Gasteiger charge is -2.07. The van der Waals surface area contributed by atoms with Crippen LogP contribution in [-0.4, -0.2) is 0 Å². The molecule has 0 unspecified atom stereocenters. The monoisotopic (exact) mass is 163 g/mol. The van der Waals surface area contributed by atoms with Crippen LogP contribution in [0.25, 0.3) is 0 Å². The topological polar surface area (TPSA) is 0 Å². The Labute approximate surface area is 72.4 Å². The normalized spacial score (nSPS) is 18.4. The summed E-state index contributed by atoms with van der Waals surface area (Å²) in [5.41, 5.74) is 1.23. The van der Waals surface area contributed by atoms with Crippen molar-refractivity contribution in [1.82, 2.24) is 0 Å². The van der Waals surface area contributed by atoms with Gasteiger partial charge in [0.05, 0.1) is 0 Å². The first-order chi connectivity index (χ1) is 5.86. The number of hydrogen-bond donors (Lipinski definition) is 0. The Hall–Kier alpha value is -0.850. The highest BCUT2D eigenvalue weighted by Gasteiger charge is 2.16. The second-order valence-corrected chi connectivity index (χ2v) is 3.32. The largest absolute Gasteiger partial charge is 0.207 e. The molecule has 0 N–H and O–H groups in total. The molecular weight excluding hydrogens is 151 g/mol. The van der Waals surface area contributed by atoms with Crippen molar-refractivity contribution in [3.63, 3.8) is 0 Å². The molecule has 0 saturated heterocycles. The van der Waals surface area contributed by atoms with Gasteiger partial charge in [-0.1, -0.05) is 25.0 Å². The van der Waals surface area contributed by atoms with Crippen molar-refractivity contribution in [3.05, 3.63) is 41.6 Å². The minimum atomic E-state index is -0.141. The van der Waals surface area contributed by atoms with E-state index >= 15 is 0 Å². The Morgan fingerprint density at radius 3 is 2.08 bits per heavy atom. The standard InChI is InChI=1S/C11H12F/c12-11-7-5-10(6-8-11)9-3-1-2-4-9/h5-8H,1-4H2. The maximum absolute atomic E-state index is 12.6. The van der Waals surface area contributed by atoms with E-state index in [2.05, 4.69) is 0 Å². The van der Waals surface area contributed by atoms with Gasteiger partial charge in [-0.25, -0.2) is 4.39 Å². The lowest BCUT2D eigenvalue weighted by molar-refractivity contribution is 0.627. The highest BCUT2D eigenvalue weighted by atomic mass is 19.1. The van der Waals surface area contributed by atoms with Gasteiger partial charge in [-0.3, -0.25) is 0 Å². The lowest BCUT2D eigenvalue weighted by atomic mass is 9.98. The summed E-state index contributed by atoms with van der Waals surface area (Å²) in [4.78, 5) is 0.